The first-order valence-electron chi connectivity index (χ1n) is 10.9. The molecule has 0 spiro atoms. The van der Waals surface area contributed by atoms with Crippen molar-refractivity contribution in [2.45, 2.75) is 57.0 Å². The molecular weight excluding hydrogens is 428 g/mol. The van der Waals surface area contributed by atoms with Gasteiger partial charge in [-0.15, -0.1) is 0 Å². The molecule has 2 aromatic rings. The van der Waals surface area contributed by atoms with E-state index in [1.54, 1.807) is 36.1 Å². The Bertz CT molecular complexity index is 1030. The van der Waals surface area contributed by atoms with E-state index in [1.807, 2.05) is 19.9 Å². The van der Waals surface area contributed by atoms with Crippen LogP contribution in [0.2, 0.25) is 0 Å². The van der Waals surface area contributed by atoms with E-state index < -0.39 is 16.0 Å². The van der Waals surface area contributed by atoms with Crippen molar-refractivity contribution < 1.29 is 22.7 Å². The lowest BCUT2D eigenvalue weighted by atomic mass is 9.97. The van der Waals surface area contributed by atoms with Gasteiger partial charge in [0.1, 0.15) is 0 Å². The second-order valence-electron chi connectivity index (χ2n) is 8.04. The molecule has 172 valence electrons. The number of amides is 1. The molecule has 8 heteroatoms. The van der Waals surface area contributed by atoms with Crippen LogP contribution in [-0.2, 0) is 19.6 Å². The van der Waals surface area contributed by atoms with E-state index in [0.717, 1.165) is 19.3 Å². The van der Waals surface area contributed by atoms with Crippen LogP contribution in [0, 0.1) is 0 Å². The van der Waals surface area contributed by atoms with Crippen molar-refractivity contribution in [2.24, 2.45) is 0 Å². The Morgan fingerprint density at radius 3 is 2.16 bits per heavy atom. The number of sulfonamides is 1. The number of esters is 1. The number of hydrogen-bond donors (Lipinski definition) is 0. The summed E-state index contributed by atoms with van der Waals surface area (Å²) in [5.41, 5.74) is 0.761. The van der Waals surface area contributed by atoms with Crippen LogP contribution in [0.4, 0.5) is 5.69 Å². The molecule has 0 aromatic heterocycles. The van der Waals surface area contributed by atoms with Gasteiger partial charge in [-0.1, -0.05) is 18.2 Å². The summed E-state index contributed by atoms with van der Waals surface area (Å²) in [5.74, 6) is -0.867. The van der Waals surface area contributed by atoms with Gasteiger partial charge in [0.05, 0.1) is 16.1 Å². The molecule has 1 heterocycles. The molecule has 0 unspecified atom stereocenters. The molecule has 32 heavy (non-hydrogen) atoms. The lowest BCUT2D eigenvalue weighted by Gasteiger charge is -2.38. The lowest BCUT2D eigenvalue weighted by Crippen LogP contribution is -2.49. The average molecular weight is 459 g/mol. The third kappa shape index (κ3) is 5.12. The molecule has 0 bridgehead atoms. The van der Waals surface area contributed by atoms with Crippen LogP contribution < -0.4 is 4.31 Å². The Kier molecular flexibility index (Phi) is 7.56. The van der Waals surface area contributed by atoms with Crippen molar-refractivity contribution in [1.82, 2.24) is 4.90 Å². The molecule has 1 aliphatic rings. The molecule has 1 saturated heterocycles. The topological polar surface area (TPSA) is 84.0 Å². The minimum atomic E-state index is -3.78. The number of nitrogens with zero attached hydrogens (tertiary/aromatic N) is 2. The molecule has 1 aliphatic heterocycles. The van der Waals surface area contributed by atoms with E-state index in [2.05, 4.69) is 0 Å². The first kappa shape index (κ1) is 23.8. The summed E-state index contributed by atoms with van der Waals surface area (Å²) in [6, 6.07) is 14.7. The fraction of sp³-hybridized carbons (Fsp3) is 0.417. The number of piperidine rings is 1. The minimum absolute atomic E-state index is 0.0757. The van der Waals surface area contributed by atoms with Gasteiger partial charge in [0.25, 0.3) is 15.9 Å². The fourth-order valence-electron chi connectivity index (χ4n) is 4.17. The van der Waals surface area contributed by atoms with E-state index >= 15 is 0 Å². The van der Waals surface area contributed by atoms with Gasteiger partial charge in [0.2, 0.25) is 0 Å². The molecule has 0 N–H and O–H groups in total. The monoisotopic (exact) mass is 458 g/mol. The zero-order valence-corrected chi connectivity index (χ0v) is 19.5. The molecule has 2 aromatic carbocycles. The second-order valence-corrected chi connectivity index (χ2v) is 9.90. The number of carbonyl (C=O) groups excluding carboxylic acids is 2. The Hall–Kier alpha value is -2.87. The van der Waals surface area contributed by atoms with Gasteiger partial charge in [-0.25, -0.2) is 13.2 Å². The van der Waals surface area contributed by atoms with E-state index in [4.69, 9.17) is 4.74 Å². The van der Waals surface area contributed by atoms with Crippen LogP contribution >= 0.6 is 0 Å². The van der Waals surface area contributed by atoms with E-state index in [0.29, 0.717) is 5.69 Å². The lowest BCUT2D eigenvalue weighted by molar-refractivity contribution is -0.140. The number of anilines is 1. The third-order valence-corrected chi connectivity index (χ3v) is 7.73. The summed E-state index contributed by atoms with van der Waals surface area (Å²) in [7, 11) is -3.78. The standard InChI is InChI=1S/C24H30N2O5S/c1-4-25(21-11-6-5-7-12-21)32(29,30)22-15-13-20(14-16-22)24(28)31-17-23(27)26-18(2)9-8-10-19(26)3/h5-7,11-16,18-19H,4,8-10,17H2,1-3H3/t18-,19-/m0/s1. The van der Waals surface area contributed by atoms with Gasteiger partial charge in [-0.3, -0.25) is 9.10 Å². The maximum absolute atomic E-state index is 13.1. The van der Waals surface area contributed by atoms with Gasteiger partial charge >= 0.3 is 5.97 Å². The highest BCUT2D eigenvalue weighted by molar-refractivity contribution is 7.92. The summed E-state index contributed by atoms with van der Waals surface area (Å²) >= 11 is 0. The Labute approximate surface area is 190 Å². The largest absolute Gasteiger partial charge is 0.452 e. The second kappa shape index (κ2) is 10.2. The molecule has 0 saturated carbocycles. The average Bonchev–Trinajstić information content (AvgIpc) is 2.78. The van der Waals surface area contributed by atoms with Gasteiger partial charge in [-0.05, 0) is 76.4 Å². The first-order chi connectivity index (χ1) is 15.3. The molecule has 1 fully saturated rings. The minimum Gasteiger partial charge on any atom is -0.452 e. The van der Waals surface area contributed by atoms with E-state index in [9.17, 15) is 18.0 Å². The predicted octanol–water partition coefficient (Wildman–Crippen LogP) is 3.85. The number of likely N-dealkylation sites (tertiary alicyclic amines) is 1. The Morgan fingerprint density at radius 1 is 1.00 bits per heavy atom. The SMILES string of the molecule is CCN(c1ccccc1)S(=O)(=O)c1ccc(C(=O)OCC(=O)N2[C@@H](C)CCC[C@@H]2C)cc1. The summed E-state index contributed by atoms with van der Waals surface area (Å²) in [6.45, 7) is 5.71. The van der Waals surface area contributed by atoms with Crippen molar-refractivity contribution in [1.29, 1.82) is 0 Å². The fourth-order valence-corrected chi connectivity index (χ4v) is 5.65. The predicted molar refractivity (Wildman–Crippen MR) is 123 cm³/mol. The van der Waals surface area contributed by atoms with Crippen LogP contribution in [0.1, 0.15) is 50.4 Å². The maximum Gasteiger partial charge on any atom is 0.338 e. The number of carbonyl (C=O) groups is 2. The van der Waals surface area contributed by atoms with Crippen molar-refractivity contribution >= 4 is 27.6 Å². The van der Waals surface area contributed by atoms with Gasteiger partial charge < -0.3 is 9.64 Å². The molecule has 0 aliphatic carbocycles. The molecule has 7 nitrogen and oxygen atoms in total. The van der Waals surface area contributed by atoms with Crippen molar-refractivity contribution in [2.75, 3.05) is 17.5 Å². The first-order valence-corrected chi connectivity index (χ1v) is 12.4. The van der Waals surface area contributed by atoms with E-state index in [-0.39, 0.29) is 41.6 Å². The zero-order valence-electron chi connectivity index (χ0n) is 18.7. The third-order valence-electron chi connectivity index (χ3n) is 5.82. The molecule has 2 atom stereocenters. The van der Waals surface area contributed by atoms with Crippen LogP contribution in [0.25, 0.3) is 0 Å². The van der Waals surface area contributed by atoms with Gasteiger partial charge in [-0.2, -0.15) is 0 Å². The highest BCUT2D eigenvalue weighted by atomic mass is 32.2. The number of para-hydroxylation sites is 1. The Balaban J connectivity index is 1.67. The zero-order chi connectivity index (χ0) is 23.3. The van der Waals surface area contributed by atoms with Crippen LogP contribution in [0.3, 0.4) is 0 Å². The highest BCUT2D eigenvalue weighted by Gasteiger charge is 2.29. The quantitative estimate of drug-likeness (QED) is 0.589. The van der Waals surface area contributed by atoms with Crippen LogP contribution in [0.5, 0.6) is 0 Å². The molecule has 0 radical (unpaired) electrons. The number of rotatable bonds is 7. The molecule has 3 rings (SSSR count). The summed E-state index contributed by atoms with van der Waals surface area (Å²) in [4.78, 5) is 26.8. The normalized spacial score (nSPS) is 18.8. The maximum atomic E-state index is 13.1. The van der Waals surface area contributed by atoms with Crippen molar-refractivity contribution in [3.63, 3.8) is 0 Å². The van der Waals surface area contributed by atoms with Gasteiger partial charge in [0, 0.05) is 18.6 Å². The molecule has 1 amide bonds. The summed E-state index contributed by atoms with van der Waals surface area (Å²) in [5, 5.41) is 0. The van der Waals surface area contributed by atoms with Crippen molar-refractivity contribution in [3.05, 3.63) is 60.2 Å². The van der Waals surface area contributed by atoms with Gasteiger partial charge in [0.15, 0.2) is 6.61 Å². The van der Waals surface area contributed by atoms with Crippen molar-refractivity contribution in [3.8, 4) is 0 Å². The van der Waals surface area contributed by atoms with Crippen LogP contribution in [0.15, 0.2) is 59.5 Å². The summed E-state index contributed by atoms with van der Waals surface area (Å²) < 4.78 is 32.6. The summed E-state index contributed by atoms with van der Waals surface area (Å²) in [6.07, 6.45) is 2.97. The van der Waals surface area contributed by atoms with Crippen LogP contribution in [-0.4, -0.2) is 50.4 Å². The molecular formula is C24H30N2O5S. The highest BCUT2D eigenvalue weighted by Crippen LogP contribution is 2.24. The number of hydrogen-bond acceptors (Lipinski definition) is 5. The number of benzene rings is 2. The number of ether oxygens (including phenoxy) is 1. The van der Waals surface area contributed by atoms with E-state index in [1.165, 1.54) is 28.6 Å². The Morgan fingerprint density at radius 2 is 1.59 bits per heavy atom. The smallest absolute Gasteiger partial charge is 0.338 e.